The van der Waals surface area contributed by atoms with Crippen molar-refractivity contribution in [3.63, 3.8) is 0 Å². The van der Waals surface area contributed by atoms with E-state index in [1.54, 1.807) is 0 Å². The molecule has 1 heterocycles. The second-order valence-corrected chi connectivity index (χ2v) is 6.84. The molecule has 1 fully saturated rings. The zero-order valence-electron chi connectivity index (χ0n) is 14.8. The summed E-state index contributed by atoms with van der Waals surface area (Å²) >= 11 is 0. The number of hydrogen-bond acceptors (Lipinski definition) is 2. The number of allylic oxidation sites excluding steroid dienone is 2. The van der Waals surface area contributed by atoms with Crippen LogP contribution < -0.4 is 4.90 Å². The fourth-order valence-electron chi connectivity index (χ4n) is 4.25. The van der Waals surface area contributed by atoms with Crippen molar-refractivity contribution in [3.05, 3.63) is 84.0 Å². The number of nitrogens with zero attached hydrogens (tertiary/aromatic N) is 1. The van der Waals surface area contributed by atoms with Gasteiger partial charge in [-0.05, 0) is 47.3 Å². The Morgan fingerprint density at radius 3 is 2.19 bits per heavy atom. The molecule has 3 heteroatoms. The summed E-state index contributed by atoms with van der Waals surface area (Å²) in [4.78, 5) is 27.5. The second-order valence-electron chi connectivity index (χ2n) is 6.84. The fraction of sp³-hybridized carbons (Fsp3) is 0.217. The molecule has 2 aromatic rings. The van der Waals surface area contributed by atoms with Crippen molar-refractivity contribution in [2.24, 2.45) is 11.8 Å². The maximum atomic E-state index is 13.1. The third-order valence-corrected chi connectivity index (χ3v) is 5.47. The highest BCUT2D eigenvalue weighted by atomic mass is 16.2. The van der Waals surface area contributed by atoms with Gasteiger partial charge in [-0.2, -0.15) is 0 Å². The molecule has 1 saturated heterocycles. The summed E-state index contributed by atoms with van der Waals surface area (Å²) in [5.74, 6) is -1.06. The normalized spacial score (nSPS) is 22.8. The summed E-state index contributed by atoms with van der Waals surface area (Å²) in [5, 5.41) is 0. The van der Waals surface area contributed by atoms with Crippen molar-refractivity contribution in [2.45, 2.75) is 19.8 Å². The first kappa shape index (κ1) is 16.5. The van der Waals surface area contributed by atoms with Gasteiger partial charge in [0.25, 0.3) is 0 Å². The molecule has 2 aromatic carbocycles. The minimum absolute atomic E-state index is 0.115. The second kappa shape index (κ2) is 6.41. The summed E-state index contributed by atoms with van der Waals surface area (Å²) in [6.07, 6.45) is 1.39. The molecule has 26 heavy (non-hydrogen) atoms. The molecule has 0 N–H and O–H groups in total. The van der Waals surface area contributed by atoms with Gasteiger partial charge >= 0.3 is 0 Å². The quantitative estimate of drug-likeness (QED) is 0.763. The average molecular weight is 343 g/mol. The number of carbonyl (C=O) groups excluding carboxylic acids is 2. The van der Waals surface area contributed by atoms with Crippen LogP contribution in [0.3, 0.4) is 0 Å². The molecule has 0 saturated carbocycles. The van der Waals surface area contributed by atoms with Crippen molar-refractivity contribution in [3.8, 4) is 0 Å². The maximum Gasteiger partial charge on any atom is 0.242 e. The molecule has 2 amide bonds. The van der Waals surface area contributed by atoms with Gasteiger partial charge in [0.2, 0.25) is 11.8 Å². The van der Waals surface area contributed by atoms with Crippen molar-refractivity contribution >= 4 is 23.1 Å². The van der Waals surface area contributed by atoms with Gasteiger partial charge in [-0.1, -0.05) is 62.0 Å². The van der Waals surface area contributed by atoms with Crippen LogP contribution in [-0.4, -0.2) is 11.8 Å². The number of amides is 2. The predicted molar refractivity (Wildman–Crippen MR) is 103 cm³/mol. The number of benzene rings is 2. The highest BCUT2D eigenvalue weighted by molar-refractivity contribution is 6.24. The SMILES string of the molecule is C=C1C(CC)=C(c2ccccc2)CC2C(=O)N(c3ccccc3)C(=O)C12. The Morgan fingerprint density at radius 1 is 0.962 bits per heavy atom. The van der Waals surface area contributed by atoms with Crippen LogP contribution in [0.1, 0.15) is 25.3 Å². The lowest BCUT2D eigenvalue weighted by Crippen LogP contribution is -2.30. The molecule has 0 radical (unpaired) electrons. The lowest BCUT2D eigenvalue weighted by atomic mass is 9.72. The van der Waals surface area contributed by atoms with E-state index in [0.29, 0.717) is 12.1 Å². The Labute approximate surface area is 153 Å². The van der Waals surface area contributed by atoms with Crippen LogP contribution in [0.25, 0.3) is 5.57 Å². The van der Waals surface area contributed by atoms with Crippen LogP contribution in [0.2, 0.25) is 0 Å². The Morgan fingerprint density at radius 2 is 1.58 bits per heavy atom. The van der Waals surface area contributed by atoms with Gasteiger partial charge in [0.1, 0.15) is 0 Å². The van der Waals surface area contributed by atoms with E-state index < -0.39 is 5.92 Å². The third kappa shape index (κ3) is 2.43. The van der Waals surface area contributed by atoms with E-state index in [0.717, 1.165) is 28.7 Å². The molecule has 3 nitrogen and oxygen atoms in total. The van der Waals surface area contributed by atoms with E-state index >= 15 is 0 Å². The molecule has 0 spiro atoms. The van der Waals surface area contributed by atoms with Gasteiger partial charge in [-0.3, -0.25) is 9.59 Å². The van der Waals surface area contributed by atoms with Crippen LogP contribution in [0.5, 0.6) is 0 Å². The van der Waals surface area contributed by atoms with Crippen LogP contribution >= 0.6 is 0 Å². The first-order valence-corrected chi connectivity index (χ1v) is 9.03. The van der Waals surface area contributed by atoms with E-state index in [1.807, 2.05) is 48.5 Å². The maximum absolute atomic E-state index is 13.1. The molecule has 0 aromatic heterocycles. The van der Waals surface area contributed by atoms with Gasteiger partial charge in [0, 0.05) is 0 Å². The van der Waals surface area contributed by atoms with Crippen molar-refractivity contribution in [2.75, 3.05) is 4.90 Å². The van der Waals surface area contributed by atoms with Gasteiger partial charge in [0.15, 0.2) is 0 Å². The standard InChI is InChI=1S/C23H21NO2/c1-3-18-15(2)21-20(14-19(18)16-10-6-4-7-11-16)22(25)24(23(21)26)17-12-8-5-9-13-17/h4-13,20-21H,2-3,14H2,1H3. The molecular weight excluding hydrogens is 322 g/mol. The Balaban J connectivity index is 1.78. The lowest BCUT2D eigenvalue weighted by Gasteiger charge is -2.29. The van der Waals surface area contributed by atoms with E-state index in [9.17, 15) is 9.59 Å². The zero-order valence-corrected chi connectivity index (χ0v) is 14.8. The molecule has 130 valence electrons. The minimum atomic E-state index is -0.440. The van der Waals surface area contributed by atoms with Gasteiger partial charge in [-0.25, -0.2) is 4.90 Å². The lowest BCUT2D eigenvalue weighted by molar-refractivity contribution is -0.122. The van der Waals surface area contributed by atoms with Crippen molar-refractivity contribution < 1.29 is 9.59 Å². The van der Waals surface area contributed by atoms with Crippen LogP contribution in [0.4, 0.5) is 5.69 Å². The molecule has 2 aliphatic rings. The van der Waals surface area contributed by atoms with Crippen molar-refractivity contribution in [1.29, 1.82) is 0 Å². The molecule has 4 rings (SSSR count). The summed E-state index contributed by atoms with van der Waals surface area (Å²) < 4.78 is 0. The zero-order chi connectivity index (χ0) is 18.3. The third-order valence-electron chi connectivity index (χ3n) is 5.47. The Hall–Kier alpha value is -2.94. The number of imide groups is 1. The summed E-state index contributed by atoms with van der Waals surface area (Å²) in [6, 6.07) is 19.3. The van der Waals surface area contributed by atoms with Crippen LogP contribution in [0, 0.1) is 11.8 Å². The highest BCUT2D eigenvalue weighted by Crippen LogP contribution is 2.48. The van der Waals surface area contributed by atoms with E-state index in [1.165, 1.54) is 4.90 Å². The van der Waals surface area contributed by atoms with Gasteiger partial charge in [-0.15, -0.1) is 0 Å². The average Bonchev–Trinajstić information content (AvgIpc) is 2.93. The van der Waals surface area contributed by atoms with Crippen molar-refractivity contribution in [1.82, 2.24) is 0 Å². The largest absolute Gasteiger partial charge is 0.274 e. The first-order valence-electron chi connectivity index (χ1n) is 9.03. The number of rotatable bonds is 3. The van der Waals surface area contributed by atoms with Gasteiger partial charge < -0.3 is 0 Å². The highest BCUT2D eigenvalue weighted by Gasteiger charge is 2.52. The molecule has 2 unspecified atom stereocenters. The number of hydrogen-bond donors (Lipinski definition) is 0. The Bertz CT molecular complexity index is 912. The van der Waals surface area contributed by atoms with E-state index in [-0.39, 0.29) is 17.7 Å². The number of para-hydroxylation sites is 1. The molecule has 1 aliphatic heterocycles. The number of carbonyl (C=O) groups is 2. The monoisotopic (exact) mass is 343 g/mol. The topological polar surface area (TPSA) is 37.4 Å². The number of anilines is 1. The fourth-order valence-corrected chi connectivity index (χ4v) is 4.25. The molecule has 2 atom stereocenters. The summed E-state index contributed by atoms with van der Waals surface area (Å²) in [5.41, 5.74) is 4.83. The minimum Gasteiger partial charge on any atom is -0.274 e. The van der Waals surface area contributed by atoms with Gasteiger partial charge in [0.05, 0.1) is 17.5 Å². The summed E-state index contributed by atoms with van der Waals surface area (Å²) in [7, 11) is 0. The smallest absolute Gasteiger partial charge is 0.242 e. The number of fused-ring (bicyclic) bond motifs is 1. The first-order chi connectivity index (χ1) is 12.6. The van der Waals surface area contributed by atoms with Crippen LogP contribution in [-0.2, 0) is 9.59 Å². The van der Waals surface area contributed by atoms with Crippen LogP contribution in [0.15, 0.2) is 78.4 Å². The molecule has 1 aliphatic carbocycles. The van der Waals surface area contributed by atoms with E-state index in [2.05, 4.69) is 25.6 Å². The Kier molecular flexibility index (Phi) is 4.08. The molecule has 0 bridgehead atoms. The van der Waals surface area contributed by atoms with E-state index in [4.69, 9.17) is 0 Å². The molecular formula is C23H21NO2. The predicted octanol–water partition coefficient (Wildman–Crippen LogP) is 4.62. The summed E-state index contributed by atoms with van der Waals surface area (Å²) in [6.45, 7) is 6.32.